The highest BCUT2D eigenvalue weighted by molar-refractivity contribution is 5.78. The molecule has 0 bridgehead atoms. The number of piperidine rings is 1. The zero-order valence-corrected chi connectivity index (χ0v) is 14.7. The van der Waals surface area contributed by atoms with E-state index in [9.17, 15) is 0 Å². The summed E-state index contributed by atoms with van der Waals surface area (Å²) in [5, 5.41) is 3.47. The van der Waals surface area contributed by atoms with Crippen molar-refractivity contribution in [3.63, 3.8) is 0 Å². The predicted octanol–water partition coefficient (Wildman–Crippen LogP) is 3.02. The van der Waals surface area contributed by atoms with Crippen molar-refractivity contribution < 1.29 is 0 Å². The van der Waals surface area contributed by atoms with E-state index in [1.807, 2.05) is 12.3 Å². The number of hydrogen-bond donors (Lipinski definition) is 2. The lowest BCUT2D eigenvalue weighted by Crippen LogP contribution is -2.42. The number of imidazole rings is 1. The summed E-state index contributed by atoms with van der Waals surface area (Å²) in [5.41, 5.74) is 5.91. The number of aromatic amines is 1. The Kier molecular flexibility index (Phi) is 4.76. The van der Waals surface area contributed by atoms with Crippen LogP contribution in [0.5, 0.6) is 0 Å². The lowest BCUT2D eigenvalue weighted by molar-refractivity contribution is 0.144. The van der Waals surface area contributed by atoms with E-state index in [-0.39, 0.29) is 0 Å². The van der Waals surface area contributed by atoms with Crippen LogP contribution in [0.15, 0.2) is 42.9 Å². The fourth-order valence-electron chi connectivity index (χ4n) is 3.74. The number of rotatable bonds is 5. The molecule has 1 saturated heterocycles. The van der Waals surface area contributed by atoms with E-state index < -0.39 is 0 Å². The third-order valence-corrected chi connectivity index (χ3v) is 5.20. The van der Waals surface area contributed by atoms with Gasteiger partial charge in [0, 0.05) is 25.3 Å². The standard InChI is InChI=1S/C20H25N5/c1-15-4-3-9-22-19(15)13-25(17-7-10-21-11-8-17)12-16-5-2-6-18-20(16)24-14-23-18/h2-6,9,14,17,21H,7-8,10-13H2,1H3,(H,23,24). The third-order valence-electron chi connectivity index (χ3n) is 5.20. The first-order chi connectivity index (χ1) is 12.3. The molecule has 0 amide bonds. The number of hydrogen-bond acceptors (Lipinski definition) is 4. The molecule has 130 valence electrons. The molecule has 4 rings (SSSR count). The number of para-hydroxylation sites is 1. The zero-order valence-electron chi connectivity index (χ0n) is 14.7. The van der Waals surface area contributed by atoms with Crippen molar-refractivity contribution in [3.05, 3.63) is 59.7 Å². The van der Waals surface area contributed by atoms with Crippen LogP contribution >= 0.6 is 0 Å². The maximum absolute atomic E-state index is 4.63. The molecule has 2 aromatic heterocycles. The second-order valence-corrected chi connectivity index (χ2v) is 6.87. The number of nitrogens with zero attached hydrogens (tertiary/aromatic N) is 3. The highest BCUT2D eigenvalue weighted by Gasteiger charge is 2.23. The summed E-state index contributed by atoms with van der Waals surface area (Å²) in [6, 6.07) is 11.1. The van der Waals surface area contributed by atoms with Gasteiger partial charge < -0.3 is 10.3 Å². The molecule has 1 aliphatic rings. The Labute approximate surface area is 148 Å². The van der Waals surface area contributed by atoms with Crippen molar-refractivity contribution in [1.29, 1.82) is 0 Å². The fourth-order valence-corrected chi connectivity index (χ4v) is 3.74. The Morgan fingerprint density at radius 3 is 2.80 bits per heavy atom. The van der Waals surface area contributed by atoms with Crippen molar-refractivity contribution in [2.45, 2.75) is 38.9 Å². The molecular formula is C20H25N5. The summed E-state index contributed by atoms with van der Waals surface area (Å²) in [6.45, 7) is 6.13. The highest BCUT2D eigenvalue weighted by atomic mass is 15.2. The lowest BCUT2D eigenvalue weighted by Gasteiger charge is -2.35. The van der Waals surface area contributed by atoms with Gasteiger partial charge >= 0.3 is 0 Å². The van der Waals surface area contributed by atoms with Crippen molar-refractivity contribution in [2.24, 2.45) is 0 Å². The number of pyridine rings is 1. The molecule has 1 fully saturated rings. The molecule has 2 N–H and O–H groups in total. The first-order valence-corrected chi connectivity index (χ1v) is 9.07. The molecule has 0 spiro atoms. The molecule has 25 heavy (non-hydrogen) atoms. The van der Waals surface area contributed by atoms with E-state index in [4.69, 9.17) is 0 Å². The molecule has 1 aliphatic heterocycles. The van der Waals surface area contributed by atoms with Gasteiger partial charge in [0.1, 0.15) is 0 Å². The second kappa shape index (κ2) is 7.33. The zero-order chi connectivity index (χ0) is 17.1. The Hall–Kier alpha value is -2.24. The average molecular weight is 335 g/mol. The van der Waals surface area contributed by atoms with Crippen LogP contribution in [0.1, 0.15) is 29.7 Å². The van der Waals surface area contributed by atoms with Crippen molar-refractivity contribution >= 4 is 11.0 Å². The summed E-state index contributed by atoms with van der Waals surface area (Å²) in [4.78, 5) is 15.0. The van der Waals surface area contributed by atoms with E-state index in [0.29, 0.717) is 6.04 Å². The SMILES string of the molecule is Cc1cccnc1CN(Cc1cccc2[nH]cnc12)C1CCNCC1. The molecule has 0 aliphatic carbocycles. The fraction of sp³-hybridized carbons (Fsp3) is 0.400. The quantitative estimate of drug-likeness (QED) is 0.752. The van der Waals surface area contributed by atoms with Crippen LogP contribution in [0.25, 0.3) is 11.0 Å². The Bertz CT molecular complexity index is 835. The third kappa shape index (κ3) is 3.57. The highest BCUT2D eigenvalue weighted by Crippen LogP contribution is 2.22. The number of benzene rings is 1. The molecular weight excluding hydrogens is 310 g/mol. The molecule has 0 unspecified atom stereocenters. The van der Waals surface area contributed by atoms with Gasteiger partial charge in [-0.25, -0.2) is 4.98 Å². The van der Waals surface area contributed by atoms with Gasteiger partial charge in [0.15, 0.2) is 0 Å². The molecule has 0 radical (unpaired) electrons. The van der Waals surface area contributed by atoms with Crippen LogP contribution in [0, 0.1) is 6.92 Å². The molecule has 3 aromatic rings. The maximum atomic E-state index is 4.63. The van der Waals surface area contributed by atoms with Crippen LogP contribution in [0.4, 0.5) is 0 Å². The number of aromatic nitrogens is 3. The summed E-state index contributed by atoms with van der Waals surface area (Å²) >= 11 is 0. The van der Waals surface area contributed by atoms with Crippen LogP contribution in [-0.2, 0) is 13.1 Å². The molecule has 1 aromatic carbocycles. The van der Waals surface area contributed by atoms with Gasteiger partial charge in [0.2, 0.25) is 0 Å². The smallest absolute Gasteiger partial charge is 0.0932 e. The van der Waals surface area contributed by atoms with E-state index in [2.05, 4.69) is 56.4 Å². The summed E-state index contributed by atoms with van der Waals surface area (Å²) in [6.07, 6.45) is 6.05. The predicted molar refractivity (Wildman–Crippen MR) is 100 cm³/mol. The van der Waals surface area contributed by atoms with Gasteiger partial charge in [-0.15, -0.1) is 0 Å². The Morgan fingerprint density at radius 2 is 1.96 bits per heavy atom. The summed E-state index contributed by atoms with van der Waals surface area (Å²) in [5.74, 6) is 0. The molecule has 0 saturated carbocycles. The summed E-state index contributed by atoms with van der Waals surface area (Å²) in [7, 11) is 0. The minimum atomic E-state index is 0.580. The molecule has 5 heteroatoms. The summed E-state index contributed by atoms with van der Waals surface area (Å²) < 4.78 is 0. The average Bonchev–Trinajstić information content (AvgIpc) is 3.13. The van der Waals surface area contributed by atoms with Gasteiger partial charge in [-0.2, -0.15) is 0 Å². The maximum Gasteiger partial charge on any atom is 0.0932 e. The largest absolute Gasteiger partial charge is 0.345 e. The molecule has 5 nitrogen and oxygen atoms in total. The van der Waals surface area contributed by atoms with Crippen LogP contribution < -0.4 is 5.32 Å². The normalized spacial score (nSPS) is 15.9. The van der Waals surface area contributed by atoms with Gasteiger partial charge in [0.25, 0.3) is 0 Å². The lowest BCUT2D eigenvalue weighted by atomic mass is 10.0. The van der Waals surface area contributed by atoms with Crippen molar-refractivity contribution in [3.8, 4) is 0 Å². The van der Waals surface area contributed by atoms with Gasteiger partial charge in [-0.3, -0.25) is 9.88 Å². The van der Waals surface area contributed by atoms with Crippen molar-refractivity contribution in [2.75, 3.05) is 13.1 Å². The first kappa shape index (κ1) is 16.2. The second-order valence-electron chi connectivity index (χ2n) is 6.87. The molecule has 0 atom stereocenters. The van der Waals surface area contributed by atoms with Crippen molar-refractivity contribution in [1.82, 2.24) is 25.2 Å². The molecule has 3 heterocycles. The van der Waals surface area contributed by atoms with Gasteiger partial charge in [-0.05, 0) is 56.1 Å². The minimum Gasteiger partial charge on any atom is -0.345 e. The van der Waals surface area contributed by atoms with Crippen LogP contribution in [0.2, 0.25) is 0 Å². The number of nitrogens with one attached hydrogen (secondary N) is 2. The van der Waals surface area contributed by atoms with Crippen LogP contribution in [0.3, 0.4) is 0 Å². The van der Waals surface area contributed by atoms with E-state index in [1.165, 1.54) is 29.7 Å². The van der Waals surface area contributed by atoms with E-state index in [0.717, 1.165) is 37.2 Å². The van der Waals surface area contributed by atoms with E-state index in [1.54, 1.807) is 6.33 Å². The van der Waals surface area contributed by atoms with Gasteiger partial charge in [0.05, 0.1) is 23.1 Å². The Morgan fingerprint density at radius 1 is 1.08 bits per heavy atom. The number of fused-ring (bicyclic) bond motifs is 1. The number of H-pyrrole nitrogens is 1. The van der Waals surface area contributed by atoms with Crippen LogP contribution in [-0.4, -0.2) is 39.0 Å². The monoisotopic (exact) mass is 335 g/mol. The minimum absolute atomic E-state index is 0.580. The van der Waals surface area contributed by atoms with E-state index >= 15 is 0 Å². The Balaban J connectivity index is 1.63. The first-order valence-electron chi connectivity index (χ1n) is 9.07. The number of aryl methyl sites for hydroxylation is 1. The topological polar surface area (TPSA) is 56.8 Å². The van der Waals surface area contributed by atoms with Gasteiger partial charge in [-0.1, -0.05) is 18.2 Å².